The van der Waals surface area contributed by atoms with Crippen LogP contribution in [0, 0.1) is 5.82 Å². The van der Waals surface area contributed by atoms with Crippen LogP contribution in [0.1, 0.15) is 10.4 Å². The predicted molar refractivity (Wildman–Crippen MR) is 93.2 cm³/mol. The number of rotatable bonds is 3. The van der Waals surface area contributed by atoms with Crippen LogP contribution in [0.15, 0.2) is 36.5 Å². The third kappa shape index (κ3) is 2.98. The molecule has 128 valence electrons. The Bertz CT molecular complexity index is 915. The number of hydrogen-bond donors (Lipinski definition) is 2. The summed E-state index contributed by atoms with van der Waals surface area (Å²) in [6.45, 7) is 3.08. The van der Waals surface area contributed by atoms with Crippen LogP contribution in [-0.2, 0) is 0 Å². The van der Waals surface area contributed by atoms with Crippen molar-refractivity contribution in [3.63, 3.8) is 0 Å². The second-order valence-electron chi connectivity index (χ2n) is 5.97. The summed E-state index contributed by atoms with van der Waals surface area (Å²) in [6, 6.07) is 8.02. The highest BCUT2D eigenvalue weighted by molar-refractivity contribution is 5.92. The fourth-order valence-electron chi connectivity index (χ4n) is 2.98. The molecule has 2 aromatic heterocycles. The van der Waals surface area contributed by atoms with Crippen molar-refractivity contribution >= 4 is 28.7 Å². The van der Waals surface area contributed by atoms with Crippen LogP contribution < -0.4 is 15.5 Å². The van der Waals surface area contributed by atoms with Gasteiger partial charge in [-0.1, -0.05) is 0 Å². The molecule has 8 heteroatoms. The molecule has 0 radical (unpaired) electrons. The SMILES string of the molecule is NC(=O)c1ccc(N2CCN(c3nc4ccc(F)cc4[nH]3)CC2)nc1. The predicted octanol–water partition coefficient (Wildman–Crippen LogP) is 1.52. The molecule has 3 heterocycles. The number of pyridine rings is 1. The van der Waals surface area contributed by atoms with Crippen molar-refractivity contribution in [2.75, 3.05) is 36.0 Å². The van der Waals surface area contributed by atoms with Crippen LogP contribution in [0.5, 0.6) is 0 Å². The van der Waals surface area contributed by atoms with Gasteiger partial charge in [-0.25, -0.2) is 14.4 Å². The minimum absolute atomic E-state index is 0.280. The number of carbonyl (C=O) groups is 1. The smallest absolute Gasteiger partial charge is 0.250 e. The Balaban J connectivity index is 1.46. The summed E-state index contributed by atoms with van der Waals surface area (Å²) in [5.74, 6) is 0.803. The largest absolute Gasteiger partial charge is 0.366 e. The van der Waals surface area contributed by atoms with Crippen LogP contribution in [-0.4, -0.2) is 47.0 Å². The number of benzene rings is 1. The summed E-state index contributed by atoms with van der Waals surface area (Å²) in [6.07, 6.45) is 1.50. The highest BCUT2D eigenvalue weighted by Crippen LogP contribution is 2.21. The fourth-order valence-corrected chi connectivity index (χ4v) is 2.98. The first-order valence-electron chi connectivity index (χ1n) is 8.01. The zero-order valence-electron chi connectivity index (χ0n) is 13.4. The van der Waals surface area contributed by atoms with Gasteiger partial charge in [0.15, 0.2) is 0 Å². The van der Waals surface area contributed by atoms with Gasteiger partial charge in [-0.3, -0.25) is 4.79 Å². The number of imidazole rings is 1. The number of nitrogens with one attached hydrogen (secondary N) is 1. The Morgan fingerprint density at radius 1 is 1.12 bits per heavy atom. The van der Waals surface area contributed by atoms with Gasteiger partial charge < -0.3 is 20.5 Å². The van der Waals surface area contributed by atoms with Crippen molar-refractivity contribution in [2.24, 2.45) is 5.73 Å². The van der Waals surface area contributed by atoms with Crippen molar-refractivity contribution in [2.45, 2.75) is 0 Å². The van der Waals surface area contributed by atoms with E-state index in [-0.39, 0.29) is 5.82 Å². The van der Waals surface area contributed by atoms with Crippen molar-refractivity contribution < 1.29 is 9.18 Å². The van der Waals surface area contributed by atoms with E-state index >= 15 is 0 Å². The third-order valence-corrected chi connectivity index (χ3v) is 4.37. The zero-order chi connectivity index (χ0) is 17.4. The van der Waals surface area contributed by atoms with E-state index in [1.54, 1.807) is 18.2 Å². The van der Waals surface area contributed by atoms with Crippen LogP contribution in [0.2, 0.25) is 0 Å². The Labute approximate surface area is 143 Å². The molecule has 7 nitrogen and oxygen atoms in total. The maximum Gasteiger partial charge on any atom is 0.250 e. The van der Waals surface area contributed by atoms with Gasteiger partial charge in [-0.2, -0.15) is 0 Å². The number of carbonyl (C=O) groups excluding carboxylic acids is 1. The molecule has 1 aromatic carbocycles. The number of hydrogen-bond acceptors (Lipinski definition) is 5. The molecule has 0 spiro atoms. The lowest BCUT2D eigenvalue weighted by molar-refractivity contribution is 0.1000. The van der Waals surface area contributed by atoms with E-state index in [0.29, 0.717) is 11.1 Å². The second kappa shape index (κ2) is 6.04. The standard InChI is InChI=1S/C17H17FN6O/c18-12-2-3-13-14(9-12)22-17(21-13)24-7-5-23(6-8-24)15-4-1-11(10-20-15)16(19)25/h1-4,9-10H,5-8H2,(H2,19,25)(H,21,22). The highest BCUT2D eigenvalue weighted by atomic mass is 19.1. The van der Waals surface area contributed by atoms with Gasteiger partial charge in [-0.15, -0.1) is 0 Å². The molecular formula is C17H17FN6O. The van der Waals surface area contributed by atoms with Gasteiger partial charge in [0.25, 0.3) is 0 Å². The van der Waals surface area contributed by atoms with Gasteiger partial charge in [0.05, 0.1) is 16.6 Å². The monoisotopic (exact) mass is 340 g/mol. The summed E-state index contributed by atoms with van der Waals surface area (Å²) in [5, 5.41) is 0. The van der Waals surface area contributed by atoms with Crippen molar-refractivity contribution in [1.82, 2.24) is 15.0 Å². The number of fused-ring (bicyclic) bond motifs is 1. The summed E-state index contributed by atoms with van der Waals surface area (Å²) in [7, 11) is 0. The van der Waals surface area contributed by atoms with Gasteiger partial charge >= 0.3 is 0 Å². The minimum atomic E-state index is -0.481. The first-order chi connectivity index (χ1) is 12.1. The lowest BCUT2D eigenvalue weighted by Gasteiger charge is -2.35. The van der Waals surface area contributed by atoms with Gasteiger partial charge in [0, 0.05) is 32.4 Å². The number of primary amides is 1. The molecule has 1 amide bonds. The van der Waals surface area contributed by atoms with E-state index in [0.717, 1.165) is 43.5 Å². The topological polar surface area (TPSA) is 91.1 Å². The van der Waals surface area contributed by atoms with Gasteiger partial charge in [0.1, 0.15) is 11.6 Å². The maximum absolute atomic E-state index is 13.3. The molecule has 0 unspecified atom stereocenters. The average molecular weight is 340 g/mol. The fraction of sp³-hybridized carbons (Fsp3) is 0.235. The molecule has 1 saturated heterocycles. The minimum Gasteiger partial charge on any atom is -0.366 e. The van der Waals surface area contributed by atoms with E-state index in [9.17, 15) is 9.18 Å². The lowest BCUT2D eigenvalue weighted by atomic mass is 10.2. The first kappa shape index (κ1) is 15.4. The number of nitrogens with zero attached hydrogens (tertiary/aromatic N) is 4. The van der Waals surface area contributed by atoms with Crippen LogP contribution >= 0.6 is 0 Å². The van der Waals surface area contributed by atoms with Gasteiger partial charge in [0.2, 0.25) is 11.9 Å². The molecule has 0 aliphatic carbocycles. The first-order valence-corrected chi connectivity index (χ1v) is 8.01. The normalized spacial score (nSPS) is 14.9. The molecule has 0 atom stereocenters. The average Bonchev–Trinajstić information content (AvgIpc) is 3.05. The van der Waals surface area contributed by atoms with E-state index in [1.807, 2.05) is 0 Å². The number of halogens is 1. The van der Waals surface area contributed by atoms with Crippen LogP contribution in [0.4, 0.5) is 16.2 Å². The Morgan fingerprint density at radius 3 is 2.56 bits per heavy atom. The molecule has 25 heavy (non-hydrogen) atoms. The molecule has 4 rings (SSSR count). The van der Waals surface area contributed by atoms with Crippen LogP contribution in [0.3, 0.4) is 0 Å². The van der Waals surface area contributed by atoms with Crippen LogP contribution in [0.25, 0.3) is 11.0 Å². The molecule has 3 aromatic rings. The van der Waals surface area contributed by atoms with Crippen molar-refractivity contribution in [3.05, 3.63) is 47.9 Å². The van der Waals surface area contributed by atoms with E-state index in [2.05, 4.69) is 24.8 Å². The Morgan fingerprint density at radius 2 is 1.88 bits per heavy atom. The number of aromatic nitrogens is 3. The summed E-state index contributed by atoms with van der Waals surface area (Å²) in [4.78, 5) is 27.4. The van der Waals surface area contributed by atoms with Crippen molar-refractivity contribution in [1.29, 1.82) is 0 Å². The molecular weight excluding hydrogens is 323 g/mol. The quantitative estimate of drug-likeness (QED) is 0.754. The van der Waals surface area contributed by atoms with Gasteiger partial charge in [-0.05, 0) is 30.3 Å². The van der Waals surface area contributed by atoms with E-state index in [4.69, 9.17) is 5.73 Å². The summed E-state index contributed by atoms with van der Waals surface area (Å²) >= 11 is 0. The number of aromatic amines is 1. The van der Waals surface area contributed by atoms with Crippen molar-refractivity contribution in [3.8, 4) is 0 Å². The number of amides is 1. The number of H-pyrrole nitrogens is 1. The van der Waals surface area contributed by atoms with E-state index in [1.165, 1.54) is 18.3 Å². The zero-order valence-corrected chi connectivity index (χ0v) is 13.4. The lowest BCUT2D eigenvalue weighted by Crippen LogP contribution is -2.47. The number of anilines is 2. The molecule has 0 saturated carbocycles. The number of nitrogens with two attached hydrogens (primary N) is 1. The molecule has 1 fully saturated rings. The molecule has 1 aliphatic rings. The Kier molecular flexibility index (Phi) is 3.72. The summed E-state index contributed by atoms with van der Waals surface area (Å²) in [5.41, 5.74) is 7.08. The maximum atomic E-state index is 13.3. The second-order valence-corrected chi connectivity index (χ2v) is 5.97. The Hall–Kier alpha value is -3.16. The summed E-state index contributed by atoms with van der Waals surface area (Å²) < 4.78 is 13.3. The van der Waals surface area contributed by atoms with E-state index < -0.39 is 5.91 Å². The molecule has 3 N–H and O–H groups in total. The third-order valence-electron chi connectivity index (χ3n) is 4.37. The number of piperazine rings is 1. The molecule has 1 aliphatic heterocycles. The highest BCUT2D eigenvalue weighted by Gasteiger charge is 2.20. The molecule has 0 bridgehead atoms.